The molecule has 0 aliphatic carbocycles. The number of aryl methyl sites for hydroxylation is 2. The molecule has 0 spiro atoms. The van der Waals surface area contributed by atoms with Crippen LogP contribution in [0.1, 0.15) is 29.3 Å². The van der Waals surface area contributed by atoms with Crippen molar-refractivity contribution in [2.24, 2.45) is 0 Å². The number of likely N-dealkylation sites (N-methyl/N-ethyl adjacent to an activating group) is 1. The number of hydrogen-bond acceptors (Lipinski definition) is 3. The minimum absolute atomic E-state index is 0.150. The van der Waals surface area contributed by atoms with Gasteiger partial charge in [-0.3, -0.25) is 9.78 Å². The third-order valence-corrected chi connectivity index (χ3v) is 5.22. The second kappa shape index (κ2) is 9.02. The van der Waals surface area contributed by atoms with E-state index in [-0.39, 0.29) is 5.91 Å². The van der Waals surface area contributed by atoms with Crippen molar-refractivity contribution in [1.82, 2.24) is 19.8 Å². The number of para-hydroxylation sites is 1. The zero-order valence-electron chi connectivity index (χ0n) is 17.3. The largest absolute Gasteiger partial charge is 0.358 e. The van der Waals surface area contributed by atoms with Gasteiger partial charge >= 0.3 is 0 Å². The molecule has 0 saturated carbocycles. The minimum Gasteiger partial charge on any atom is -0.358 e. The number of H-pyrrole nitrogens is 1. The Kier molecular flexibility index (Phi) is 6.47. The van der Waals surface area contributed by atoms with Crippen molar-refractivity contribution in [3.05, 3.63) is 65.1 Å². The molecule has 3 rings (SSSR count). The highest BCUT2D eigenvalue weighted by Gasteiger charge is 2.19. The van der Waals surface area contributed by atoms with Crippen molar-refractivity contribution in [2.45, 2.75) is 33.2 Å². The molecule has 2 aromatic heterocycles. The fourth-order valence-electron chi connectivity index (χ4n) is 3.57. The number of carbonyl (C=O) groups is 1. The maximum absolute atomic E-state index is 13.3. The van der Waals surface area contributed by atoms with Crippen molar-refractivity contribution in [1.29, 1.82) is 0 Å². The first-order valence-corrected chi connectivity index (χ1v) is 9.90. The lowest BCUT2D eigenvalue weighted by molar-refractivity contribution is -0.131. The highest BCUT2D eigenvalue weighted by atomic mass is 16.2. The number of benzene rings is 1. The zero-order valence-corrected chi connectivity index (χ0v) is 17.3. The van der Waals surface area contributed by atoms with Gasteiger partial charge < -0.3 is 14.8 Å². The van der Waals surface area contributed by atoms with E-state index in [0.717, 1.165) is 35.3 Å². The smallest absolute Gasteiger partial charge is 0.227 e. The van der Waals surface area contributed by atoms with Crippen LogP contribution in [0.3, 0.4) is 0 Å². The van der Waals surface area contributed by atoms with Crippen LogP contribution < -0.4 is 0 Å². The number of fused-ring (bicyclic) bond motifs is 1. The molecular weight excluding hydrogens is 348 g/mol. The van der Waals surface area contributed by atoms with Crippen molar-refractivity contribution in [3.63, 3.8) is 0 Å². The van der Waals surface area contributed by atoms with Gasteiger partial charge in [-0.1, -0.05) is 31.2 Å². The van der Waals surface area contributed by atoms with Gasteiger partial charge in [0.05, 0.1) is 6.42 Å². The zero-order chi connectivity index (χ0) is 20.1. The number of nitrogens with zero attached hydrogens (tertiary/aromatic N) is 3. The normalized spacial score (nSPS) is 11.3. The Bertz CT molecular complexity index is 930. The second-order valence-corrected chi connectivity index (χ2v) is 7.58. The fourth-order valence-corrected chi connectivity index (χ4v) is 3.57. The summed E-state index contributed by atoms with van der Waals surface area (Å²) in [5, 5.41) is 1.17. The van der Waals surface area contributed by atoms with E-state index in [1.54, 1.807) is 6.20 Å². The number of aromatic nitrogens is 2. The fraction of sp³-hybridized carbons (Fsp3) is 0.391. The van der Waals surface area contributed by atoms with E-state index >= 15 is 0 Å². The van der Waals surface area contributed by atoms with Crippen LogP contribution in [-0.4, -0.2) is 52.9 Å². The van der Waals surface area contributed by atoms with Crippen LogP contribution in [0.5, 0.6) is 0 Å². The number of nitrogens with one attached hydrogen (secondary N) is 1. The predicted molar refractivity (Wildman–Crippen MR) is 114 cm³/mol. The van der Waals surface area contributed by atoms with E-state index in [1.165, 1.54) is 10.9 Å². The molecule has 0 aliphatic heterocycles. The molecule has 148 valence electrons. The van der Waals surface area contributed by atoms with Crippen LogP contribution >= 0.6 is 0 Å². The van der Waals surface area contributed by atoms with Gasteiger partial charge in [0.15, 0.2) is 0 Å². The summed E-state index contributed by atoms with van der Waals surface area (Å²) in [7, 11) is 4.06. The summed E-state index contributed by atoms with van der Waals surface area (Å²) < 4.78 is 0. The van der Waals surface area contributed by atoms with Crippen molar-refractivity contribution < 1.29 is 4.79 Å². The van der Waals surface area contributed by atoms with E-state index in [1.807, 2.05) is 37.3 Å². The predicted octanol–water partition coefficient (Wildman–Crippen LogP) is 3.57. The molecule has 28 heavy (non-hydrogen) atoms. The molecule has 1 amide bonds. The number of pyridine rings is 1. The lowest BCUT2D eigenvalue weighted by Gasteiger charge is -2.24. The SMILES string of the molecule is CCc1cccc2c(CC(=O)N(CCN(C)C)Cc3cccnc3)c(C)[nH]c12. The average molecular weight is 379 g/mol. The molecule has 0 fully saturated rings. The maximum atomic E-state index is 13.3. The molecule has 0 bridgehead atoms. The molecule has 0 saturated heterocycles. The third kappa shape index (κ3) is 4.60. The summed E-state index contributed by atoms with van der Waals surface area (Å²) in [4.78, 5) is 25.0. The molecule has 1 N–H and O–H groups in total. The summed E-state index contributed by atoms with van der Waals surface area (Å²) in [6.07, 6.45) is 4.98. The topological polar surface area (TPSA) is 52.2 Å². The third-order valence-electron chi connectivity index (χ3n) is 5.22. The van der Waals surface area contributed by atoms with Crippen molar-refractivity contribution in [2.75, 3.05) is 27.2 Å². The number of aromatic amines is 1. The van der Waals surface area contributed by atoms with Gasteiger partial charge in [-0.25, -0.2) is 0 Å². The Hall–Kier alpha value is -2.66. The molecule has 0 radical (unpaired) electrons. The Labute approximate surface area is 167 Å². The van der Waals surface area contributed by atoms with Crippen molar-refractivity contribution in [3.8, 4) is 0 Å². The molecule has 5 heteroatoms. The molecule has 0 unspecified atom stereocenters. The van der Waals surface area contributed by atoms with Gasteiger partial charge in [-0.05, 0) is 50.2 Å². The van der Waals surface area contributed by atoms with Crippen LogP contribution in [0.2, 0.25) is 0 Å². The molecule has 3 aromatic rings. The van der Waals surface area contributed by atoms with Crippen LogP contribution in [0.15, 0.2) is 42.7 Å². The van der Waals surface area contributed by atoms with E-state index in [2.05, 4.69) is 46.9 Å². The lowest BCUT2D eigenvalue weighted by atomic mass is 10.0. The Balaban J connectivity index is 1.85. The minimum atomic E-state index is 0.150. The van der Waals surface area contributed by atoms with Gasteiger partial charge in [-0.15, -0.1) is 0 Å². The quantitative estimate of drug-likeness (QED) is 0.652. The first-order valence-electron chi connectivity index (χ1n) is 9.90. The Morgan fingerprint density at radius 1 is 1.14 bits per heavy atom. The van der Waals surface area contributed by atoms with Crippen LogP contribution in [-0.2, 0) is 24.2 Å². The maximum Gasteiger partial charge on any atom is 0.227 e. The summed E-state index contributed by atoms with van der Waals surface area (Å²) in [6, 6.07) is 10.3. The van der Waals surface area contributed by atoms with Crippen molar-refractivity contribution >= 4 is 16.8 Å². The molecule has 5 nitrogen and oxygen atoms in total. The number of carbonyl (C=O) groups excluding carboxylic acids is 1. The number of amides is 1. The second-order valence-electron chi connectivity index (χ2n) is 7.58. The van der Waals surface area contributed by atoms with Gasteiger partial charge in [0.2, 0.25) is 5.91 Å². The lowest BCUT2D eigenvalue weighted by Crippen LogP contribution is -2.37. The molecule has 0 aliphatic rings. The van der Waals surface area contributed by atoms with E-state index in [4.69, 9.17) is 0 Å². The van der Waals surface area contributed by atoms with E-state index in [9.17, 15) is 4.79 Å². The van der Waals surface area contributed by atoms with E-state index < -0.39 is 0 Å². The summed E-state index contributed by atoms with van der Waals surface area (Å²) in [6.45, 7) is 6.34. The molecule has 2 heterocycles. The number of rotatable bonds is 8. The molecular formula is C23H30N4O. The van der Waals surface area contributed by atoms with Gasteiger partial charge in [0, 0.05) is 48.6 Å². The summed E-state index contributed by atoms with van der Waals surface area (Å²) in [5.74, 6) is 0.150. The van der Waals surface area contributed by atoms with Crippen LogP contribution in [0, 0.1) is 6.92 Å². The van der Waals surface area contributed by atoms with Gasteiger partial charge in [0.25, 0.3) is 0 Å². The first-order chi connectivity index (χ1) is 13.5. The molecule has 0 atom stereocenters. The first kappa shape index (κ1) is 20.1. The standard InChI is InChI=1S/C23H30N4O/c1-5-19-9-6-10-20-21(17(2)25-23(19)20)14-22(28)27(13-12-26(3)4)16-18-8-7-11-24-15-18/h6-11,15,25H,5,12-14,16H2,1-4H3. The average Bonchev–Trinajstić information content (AvgIpc) is 3.01. The number of hydrogen-bond donors (Lipinski definition) is 1. The Morgan fingerprint density at radius 2 is 1.96 bits per heavy atom. The van der Waals surface area contributed by atoms with Crippen LogP contribution in [0.4, 0.5) is 0 Å². The van der Waals surface area contributed by atoms with Gasteiger partial charge in [0.1, 0.15) is 0 Å². The highest BCUT2D eigenvalue weighted by Crippen LogP contribution is 2.26. The van der Waals surface area contributed by atoms with E-state index in [0.29, 0.717) is 19.5 Å². The molecule has 1 aromatic carbocycles. The van der Waals surface area contributed by atoms with Gasteiger partial charge in [-0.2, -0.15) is 0 Å². The summed E-state index contributed by atoms with van der Waals surface area (Å²) in [5.41, 5.74) is 5.70. The highest BCUT2D eigenvalue weighted by molar-refractivity contribution is 5.91. The van der Waals surface area contributed by atoms with Crippen LogP contribution in [0.25, 0.3) is 10.9 Å². The monoisotopic (exact) mass is 378 g/mol. The summed E-state index contributed by atoms with van der Waals surface area (Å²) >= 11 is 0. The Morgan fingerprint density at radius 3 is 2.64 bits per heavy atom.